The number of hydrogen-bond acceptors (Lipinski definition) is 4. The minimum atomic E-state index is -0.210. The minimum Gasteiger partial charge on any atom is -0.354 e. The number of rotatable bonds is 5. The maximum absolute atomic E-state index is 11.7. The third-order valence-corrected chi connectivity index (χ3v) is 3.73. The molecule has 4 nitrogen and oxygen atoms in total. The van der Waals surface area contributed by atoms with Gasteiger partial charge in [-0.2, -0.15) is 0 Å². The van der Waals surface area contributed by atoms with Crippen LogP contribution in [0.1, 0.15) is 34.1 Å². The van der Waals surface area contributed by atoms with Crippen molar-refractivity contribution in [1.29, 1.82) is 0 Å². The summed E-state index contributed by atoms with van der Waals surface area (Å²) in [5.74, 6) is 1.62. The molecule has 0 saturated heterocycles. The average molecular weight is 257 g/mol. The summed E-state index contributed by atoms with van der Waals surface area (Å²) in [6.45, 7) is 9.00. The van der Waals surface area contributed by atoms with Gasteiger partial charge in [-0.1, -0.05) is 32.5 Å². The van der Waals surface area contributed by atoms with E-state index in [0.29, 0.717) is 12.0 Å². The molecule has 0 spiro atoms. The van der Waals surface area contributed by atoms with Gasteiger partial charge >= 0.3 is 0 Å². The summed E-state index contributed by atoms with van der Waals surface area (Å²) >= 11 is 1.71. The zero-order chi connectivity index (χ0) is 12.8. The standard InChI is InChI=1S/C12H23N3OS/c1-5-6-13-11(16)9(4)14-12-15-10(7-17-12)8(2)3/h8-10H,5-7H2,1-4H3,(H,13,16)(H,14,15). The lowest BCUT2D eigenvalue weighted by molar-refractivity contribution is -0.122. The van der Waals surface area contributed by atoms with E-state index < -0.39 is 0 Å². The van der Waals surface area contributed by atoms with E-state index in [-0.39, 0.29) is 11.9 Å². The average Bonchev–Trinajstić information content (AvgIpc) is 2.74. The molecule has 0 radical (unpaired) electrons. The molecule has 1 amide bonds. The molecule has 5 heteroatoms. The highest BCUT2D eigenvalue weighted by Gasteiger charge is 2.23. The Bertz CT molecular complexity index is 291. The van der Waals surface area contributed by atoms with Gasteiger partial charge in [0.15, 0.2) is 5.17 Å². The molecule has 1 rings (SSSR count). The van der Waals surface area contributed by atoms with Gasteiger partial charge in [-0.05, 0) is 19.3 Å². The Morgan fingerprint density at radius 1 is 1.53 bits per heavy atom. The molecular weight excluding hydrogens is 234 g/mol. The summed E-state index contributed by atoms with van der Waals surface area (Å²) < 4.78 is 0. The van der Waals surface area contributed by atoms with Crippen LogP contribution in [0.5, 0.6) is 0 Å². The zero-order valence-electron chi connectivity index (χ0n) is 11.1. The van der Waals surface area contributed by atoms with Gasteiger partial charge in [0.2, 0.25) is 5.91 Å². The Balaban J connectivity index is 2.39. The lowest BCUT2D eigenvalue weighted by Crippen LogP contribution is -2.43. The normalized spacial score (nSPS) is 21.2. The number of thioether (sulfide) groups is 1. The van der Waals surface area contributed by atoms with Gasteiger partial charge in [0.25, 0.3) is 0 Å². The smallest absolute Gasteiger partial charge is 0.242 e. The second-order valence-corrected chi connectivity index (χ2v) is 5.72. The van der Waals surface area contributed by atoms with Gasteiger partial charge < -0.3 is 10.6 Å². The van der Waals surface area contributed by atoms with Gasteiger partial charge in [-0.15, -0.1) is 0 Å². The van der Waals surface area contributed by atoms with Crippen LogP contribution in [0, 0.1) is 5.92 Å². The van der Waals surface area contributed by atoms with Crippen LogP contribution >= 0.6 is 11.8 Å². The molecule has 0 saturated carbocycles. The highest BCUT2D eigenvalue weighted by atomic mass is 32.2. The van der Waals surface area contributed by atoms with E-state index in [1.165, 1.54) is 0 Å². The summed E-state index contributed by atoms with van der Waals surface area (Å²) in [5, 5.41) is 6.95. The molecule has 0 bridgehead atoms. The van der Waals surface area contributed by atoms with Crippen molar-refractivity contribution in [2.75, 3.05) is 12.3 Å². The van der Waals surface area contributed by atoms with Crippen molar-refractivity contribution >= 4 is 22.8 Å². The predicted octanol–water partition coefficient (Wildman–Crippen LogP) is 1.62. The molecule has 0 aliphatic carbocycles. The Morgan fingerprint density at radius 3 is 2.76 bits per heavy atom. The number of amides is 1. The number of nitrogens with one attached hydrogen (secondary N) is 2. The van der Waals surface area contributed by atoms with Gasteiger partial charge in [0.05, 0.1) is 6.04 Å². The largest absolute Gasteiger partial charge is 0.354 e. The van der Waals surface area contributed by atoms with Crippen molar-refractivity contribution in [3.05, 3.63) is 0 Å². The molecule has 0 fully saturated rings. The molecule has 0 aromatic rings. The van der Waals surface area contributed by atoms with E-state index in [1.807, 2.05) is 13.8 Å². The van der Waals surface area contributed by atoms with Crippen molar-refractivity contribution < 1.29 is 4.79 Å². The van der Waals surface area contributed by atoms with Crippen molar-refractivity contribution in [3.8, 4) is 0 Å². The lowest BCUT2D eigenvalue weighted by atomic mass is 10.1. The second kappa shape index (κ2) is 6.89. The first-order valence-electron chi connectivity index (χ1n) is 6.29. The predicted molar refractivity (Wildman–Crippen MR) is 74.4 cm³/mol. The number of carbonyl (C=O) groups is 1. The number of aliphatic imine (C=N–C) groups is 1. The SMILES string of the molecule is CCCNC(=O)C(C)NC1=NC(C(C)C)CS1. The molecule has 1 heterocycles. The van der Waals surface area contributed by atoms with Crippen LogP contribution in [-0.2, 0) is 4.79 Å². The van der Waals surface area contributed by atoms with Crippen molar-refractivity contribution in [3.63, 3.8) is 0 Å². The third kappa shape index (κ3) is 4.58. The monoisotopic (exact) mass is 257 g/mol. The van der Waals surface area contributed by atoms with Gasteiger partial charge in [-0.3, -0.25) is 9.79 Å². The third-order valence-electron chi connectivity index (χ3n) is 2.73. The Labute approximate surface area is 108 Å². The van der Waals surface area contributed by atoms with Crippen molar-refractivity contribution in [2.45, 2.75) is 46.2 Å². The number of nitrogens with zero attached hydrogens (tertiary/aromatic N) is 1. The summed E-state index contributed by atoms with van der Waals surface area (Å²) in [5.41, 5.74) is 0. The first-order valence-corrected chi connectivity index (χ1v) is 7.28. The van der Waals surface area contributed by atoms with E-state index in [0.717, 1.165) is 23.9 Å². The van der Waals surface area contributed by atoms with Crippen LogP contribution < -0.4 is 10.6 Å². The maximum Gasteiger partial charge on any atom is 0.242 e. The van der Waals surface area contributed by atoms with Crippen molar-refractivity contribution in [2.24, 2.45) is 10.9 Å². The number of carbonyl (C=O) groups excluding carboxylic acids is 1. The highest BCUT2D eigenvalue weighted by molar-refractivity contribution is 8.14. The van der Waals surface area contributed by atoms with Crippen molar-refractivity contribution in [1.82, 2.24) is 10.6 Å². The van der Waals surface area contributed by atoms with E-state index in [2.05, 4.69) is 29.5 Å². The second-order valence-electron chi connectivity index (χ2n) is 4.71. The van der Waals surface area contributed by atoms with Gasteiger partial charge in [0, 0.05) is 12.3 Å². The van der Waals surface area contributed by atoms with Crippen LogP contribution in [0.15, 0.2) is 4.99 Å². The molecule has 17 heavy (non-hydrogen) atoms. The fraction of sp³-hybridized carbons (Fsp3) is 0.833. The number of hydrogen-bond donors (Lipinski definition) is 2. The Morgan fingerprint density at radius 2 is 2.24 bits per heavy atom. The van der Waals surface area contributed by atoms with Crippen LogP contribution in [0.25, 0.3) is 0 Å². The molecule has 98 valence electrons. The fourth-order valence-electron chi connectivity index (χ4n) is 1.46. The van der Waals surface area contributed by atoms with Gasteiger partial charge in [0.1, 0.15) is 6.04 Å². The van der Waals surface area contributed by atoms with Gasteiger partial charge in [-0.25, -0.2) is 0 Å². The summed E-state index contributed by atoms with van der Waals surface area (Å²) in [4.78, 5) is 16.2. The lowest BCUT2D eigenvalue weighted by Gasteiger charge is -2.14. The molecule has 2 atom stereocenters. The fourth-order valence-corrected chi connectivity index (χ4v) is 2.72. The van der Waals surface area contributed by atoms with Crippen LogP contribution in [-0.4, -0.2) is 35.5 Å². The molecule has 0 aromatic heterocycles. The molecule has 2 unspecified atom stereocenters. The highest BCUT2D eigenvalue weighted by Crippen LogP contribution is 2.22. The van der Waals surface area contributed by atoms with Crippen LogP contribution in [0.2, 0.25) is 0 Å². The molecule has 1 aliphatic heterocycles. The molecular formula is C12H23N3OS. The molecule has 1 aliphatic rings. The minimum absolute atomic E-state index is 0.0446. The first-order chi connectivity index (χ1) is 8.04. The first kappa shape index (κ1) is 14.4. The Hall–Kier alpha value is -0.710. The van der Waals surface area contributed by atoms with E-state index >= 15 is 0 Å². The molecule has 0 aromatic carbocycles. The van der Waals surface area contributed by atoms with Crippen LogP contribution in [0.3, 0.4) is 0 Å². The van der Waals surface area contributed by atoms with E-state index in [1.54, 1.807) is 11.8 Å². The topological polar surface area (TPSA) is 53.5 Å². The number of amidine groups is 1. The summed E-state index contributed by atoms with van der Waals surface area (Å²) in [7, 11) is 0. The zero-order valence-corrected chi connectivity index (χ0v) is 11.9. The quantitative estimate of drug-likeness (QED) is 0.787. The summed E-state index contributed by atoms with van der Waals surface area (Å²) in [6, 6.07) is 0.173. The van der Waals surface area contributed by atoms with E-state index in [4.69, 9.17) is 0 Å². The maximum atomic E-state index is 11.7. The summed E-state index contributed by atoms with van der Waals surface area (Å²) in [6.07, 6.45) is 0.962. The van der Waals surface area contributed by atoms with Crippen LogP contribution in [0.4, 0.5) is 0 Å². The molecule has 2 N–H and O–H groups in total. The Kier molecular flexibility index (Phi) is 5.82. The van der Waals surface area contributed by atoms with E-state index in [9.17, 15) is 4.79 Å².